The van der Waals surface area contributed by atoms with Crippen molar-refractivity contribution in [1.82, 2.24) is 0 Å². The summed E-state index contributed by atoms with van der Waals surface area (Å²) in [5.41, 5.74) is 1.51. The number of ether oxygens (including phenoxy) is 1. The number of amides is 1. The fraction of sp³-hybridized carbons (Fsp3) is 0.167. The predicted molar refractivity (Wildman–Crippen MR) is 96.4 cm³/mol. The van der Waals surface area contributed by atoms with E-state index in [4.69, 9.17) is 27.9 Å². The van der Waals surface area contributed by atoms with Gasteiger partial charge in [-0.3, -0.25) is 4.79 Å². The van der Waals surface area contributed by atoms with Crippen molar-refractivity contribution in [3.8, 4) is 5.75 Å². The number of hydrogen-bond donors (Lipinski definition) is 1. The number of halogens is 2. The lowest BCUT2D eigenvalue weighted by atomic mass is 10.2. The minimum atomic E-state index is -0.241. The van der Waals surface area contributed by atoms with Crippen LogP contribution in [-0.4, -0.2) is 12.5 Å². The van der Waals surface area contributed by atoms with Gasteiger partial charge in [0.25, 0.3) is 0 Å². The molecule has 0 atom stereocenters. The summed E-state index contributed by atoms with van der Waals surface area (Å²) in [5, 5.41) is 3.57. The van der Waals surface area contributed by atoms with E-state index in [9.17, 15) is 4.79 Å². The highest BCUT2D eigenvalue weighted by molar-refractivity contribution is 6.42. The summed E-state index contributed by atoms with van der Waals surface area (Å²) in [6, 6.07) is 12.5. The number of carbonyl (C=O) groups is 1. The zero-order chi connectivity index (χ0) is 16.7. The van der Waals surface area contributed by atoms with E-state index < -0.39 is 0 Å². The van der Waals surface area contributed by atoms with Gasteiger partial charge in [0, 0.05) is 11.8 Å². The number of benzene rings is 2. The van der Waals surface area contributed by atoms with Crippen molar-refractivity contribution in [1.29, 1.82) is 0 Å². The van der Waals surface area contributed by atoms with Crippen molar-refractivity contribution in [2.75, 3.05) is 11.9 Å². The van der Waals surface area contributed by atoms with Gasteiger partial charge in [-0.15, -0.1) is 0 Å². The first-order valence-electron chi connectivity index (χ1n) is 7.25. The van der Waals surface area contributed by atoms with Gasteiger partial charge in [-0.05, 0) is 48.4 Å². The summed E-state index contributed by atoms with van der Waals surface area (Å²) in [6.07, 6.45) is 4.16. The third kappa shape index (κ3) is 5.62. The molecule has 0 saturated carbocycles. The van der Waals surface area contributed by atoms with Crippen LogP contribution < -0.4 is 10.1 Å². The van der Waals surface area contributed by atoms with Gasteiger partial charge in [0.1, 0.15) is 5.75 Å². The smallest absolute Gasteiger partial charge is 0.248 e. The minimum absolute atomic E-state index is 0.241. The first kappa shape index (κ1) is 17.4. The van der Waals surface area contributed by atoms with Gasteiger partial charge in [-0.1, -0.05) is 42.3 Å². The van der Waals surface area contributed by atoms with Crippen molar-refractivity contribution in [3.63, 3.8) is 0 Å². The highest BCUT2D eigenvalue weighted by Crippen LogP contribution is 2.25. The number of nitrogens with one attached hydrogen (secondary N) is 1. The van der Waals surface area contributed by atoms with E-state index in [1.54, 1.807) is 24.3 Å². The first-order chi connectivity index (χ1) is 11.1. The fourth-order valence-electron chi connectivity index (χ4n) is 1.82. The van der Waals surface area contributed by atoms with Gasteiger partial charge in [-0.2, -0.15) is 0 Å². The zero-order valence-corrected chi connectivity index (χ0v) is 14.2. The Balaban J connectivity index is 1.93. The van der Waals surface area contributed by atoms with E-state index in [2.05, 4.69) is 12.2 Å². The van der Waals surface area contributed by atoms with Crippen LogP contribution >= 0.6 is 23.2 Å². The predicted octanol–water partition coefficient (Wildman–Crippen LogP) is 5.43. The van der Waals surface area contributed by atoms with Crippen LogP contribution in [0.5, 0.6) is 5.75 Å². The summed E-state index contributed by atoms with van der Waals surface area (Å²) in [4.78, 5) is 11.9. The van der Waals surface area contributed by atoms with Crippen LogP contribution in [0.1, 0.15) is 18.9 Å². The van der Waals surface area contributed by atoms with Crippen molar-refractivity contribution < 1.29 is 9.53 Å². The second-order valence-corrected chi connectivity index (χ2v) is 5.68. The van der Waals surface area contributed by atoms with Gasteiger partial charge in [-0.25, -0.2) is 0 Å². The molecule has 0 fully saturated rings. The molecular formula is C18H17Cl2NO2. The third-order valence-electron chi connectivity index (χ3n) is 2.97. The van der Waals surface area contributed by atoms with Crippen molar-refractivity contribution in [3.05, 3.63) is 64.1 Å². The molecule has 0 aromatic heterocycles. The van der Waals surface area contributed by atoms with E-state index in [0.29, 0.717) is 22.3 Å². The van der Waals surface area contributed by atoms with Crippen LogP contribution in [0.25, 0.3) is 6.08 Å². The molecule has 0 bridgehead atoms. The number of carbonyl (C=O) groups excluding carboxylic acids is 1. The van der Waals surface area contributed by atoms with E-state index >= 15 is 0 Å². The second kappa shape index (κ2) is 8.61. The quantitative estimate of drug-likeness (QED) is 0.705. The van der Waals surface area contributed by atoms with E-state index in [0.717, 1.165) is 17.7 Å². The molecule has 0 aliphatic carbocycles. The van der Waals surface area contributed by atoms with Crippen LogP contribution in [0.15, 0.2) is 48.5 Å². The highest BCUT2D eigenvalue weighted by Gasteiger charge is 2.02. The molecule has 5 heteroatoms. The Morgan fingerprint density at radius 3 is 2.52 bits per heavy atom. The van der Waals surface area contributed by atoms with Gasteiger partial charge >= 0.3 is 0 Å². The van der Waals surface area contributed by atoms with Gasteiger partial charge in [0.2, 0.25) is 5.91 Å². The molecule has 0 spiro atoms. The molecule has 120 valence electrons. The maximum Gasteiger partial charge on any atom is 0.248 e. The molecule has 0 heterocycles. The lowest BCUT2D eigenvalue weighted by Crippen LogP contribution is -2.07. The molecule has 2 aromatic carbocycles. The normalized spacial score (nSPS) is 10.7. The summed E-state index contributed by atoms with van der Waals surface area (Å²) in [5.74, 6) is 0.582. The maximum atomic E-state index is 11.9. The Bertz CT molecular complexity index is 697. The molecule has 2 aromatic rings. The van der Waals surface area contributed by atoms with Crippen molar-refractivity contribution in [2.45, 2.75) is 13.3 Å². The minimum Gasteiger partial charge on any atom is -0.494 e. The second-order valence-electron chi connectivity index (χ2n) is 4.87. The Labute approximate surface area is 145 Å². The largest absolute Gasteiger partial charge is 0.494 e. The molecule has 0 unspecified atom stereocenters. The van der Waals surface area contributed by atoms with Gasteiger partial charge < -0.3 is 10.1 Å². The summed E-state index contributed by atoms with van der Waals surface area (Å²) in [7, 11) is 0. The topological polar surface area (TPSA) is 38.3 Å². The maximum absolute atomic E-state index is 11.9. The molecular weight excluding hydrogens is 333 g/mol. The average Bonchev–Trinajstić information content (AvgIpc) is 2.55. The summed E-state index contributed by atoms with van der Waals surface area (Å²) >= 11 is 11.7. The molecule has 1 amide bonds. The van der Waals surface area contributed by atoms with E-state index in [-0.39, 0.29) is 5.91 Å². The Hall–Kier alpha value is -1.97. The fourth-order valence-corrected chi connectivity index (χ4v) is 2.12. The first-order valence-corrected chi connectivity index (χ1v) is 8.01. The Kier molecular flexibility index (Phi) is 6.51. The van der Waals surface area contributed by atoms with Crippen LogP contribution in [0.3, 0.4) is 0 Å². The van der Waals surface area contributed by atoms with Crippen molar-refractivity contribution in [2.24, 2.45) is 0 Å². The molecule has 3 nitrogen and oxygen atoms in total. The number of rotatable bonds is 6. The van der Waals surface area contributed by atoms with Crippen LogP contribution in [-0.2, 0) is 4.79 Å². The molecule has 0 aliphatic heterocycles. The molecule has 0 aliphatic rings. The molecule has 2 rings (SSSR count). The molecule has 0 saturated heterocycles. The standard InChI is InChI=1S/C18H17Cl2NO2/c1-2-11-23-15-7-3-13(4-8-15)5-10-18(22)21-14-6-9-16(19)17(20)12-14/h3-10,12H,2,11H2,1H3,(H,21,22). The van der Waals surface area contributed by atoms with Crippen LogP contribution in [0, 0.1) is 0 Å². The summed E-state index contributed by atoms with van der Waals surface area (Å²) in [6.45, 7) is 2.75. The number of anilines is 1. The van der Waals surface area contributed by atoms with Crippen LogP contribution in [0.2, 0.25) is 10.0 Å². The Morgan fingerprint density at radius 1 is 1.13 bits per heavy atom. The lowest BCUT2D eigenvalue weighted by molar-refractivity contribution is -0.111. The van der Waals surface area contributed by atoms with Crippen LogP contribution in [0.4, 0.5) is 5.69 Å². The average molecular weight is 350 g/mol. The van der Waals surface area contributed by atoms with Gasteiger partial charge in [0.15, 0.2) is 0 Å². The molecule has 1 N–H and O–H groups in total. The summed E-state index contributed by atoms with van der Waals surface area (Å²) < 4.78 is 5.51. The molecule has 0 radical (unpaired) electrons. The van der Waals surface area contributed by atoms with Crippen molar-refractivity contribution >= 4 is 40.9 Å². The Morgan fingerprint density at radius 2 is 1.87 bits per heavy atom. The van der Waals surface area contributed by atoms with E-state index in [1.165, 1.54) is 6.08 Å². The lowest BCUT2D eigenvalue weighted by Gasteiger charge is -2.04. The highest BCUT2D eigenvalue weighted by atomic mass is 35.5. The third-order valence-corrected chi connectivity index (χ3v) is 3.71. The SMILES string of the molecule is CCCOc1ccc(C=CC(=O)Nc2ccc(Cl)c(Cl)c2)cc1. The van der Waals surface area contributed by atoms with Gasteiger partial charge in [0.05, 0.1) is 16.7 Å². The zero-order valence-electron chi connectivity index (χ0n) is 12.7. The van der Waals surface area contributed by atoms with E-state index in [1.807, 2.05) is 24.3 Å². The molecule has 23 heavy (non-hydrogen) atoms. The monoisotopic (exact) mass is 349 g/mol. The number of hydrogen-bond acceptors (Lipinski definition) is 2.